The number of rotatable bonds is 10. The Bertz CT molecular complexity index is 1890. The van der Waals surface area contributed by atoms with E-state index in [1.54, 1.807) is 0 Å². The van der Waals surface area contributed by atoms with Gasteiger partial charge in [-0.25, -0.2) is 0 Å². The minimum absolute atomic E-state index is 0. The largest absolute Gasteiger partial charge is 3.00 e. The molecule has 1 N–H and O–H groups in total. The van der Waals surface area contributed by atoms with E-state index in [4.69, 9.17) is 10.1 Å². The third-order valence-corrected chi connectivity index (χ3v) is 8.62. The molecule has 6 aromatic carbocycles. The number of benzene rings is 6. The fourth-order valence-corrected chi connectivity index (χ4v) is 5.88. The summed E-state index contributed by atoms with van der Waals surface area (Å²) >= 11 is 0. The molecule has 0 bridgehead atoms. The van der Waals surface area contributed by atoms with Crippen LogP contribution in [0.3, 0.4) is 0 Å². The fraction of sp³-hybridized carbons (Fsp3) is 0.224. The molecule has 0 fully saturated rings. The number of para-hydroxylation sites is 1. The predicted octanol–water partition coefficient (Wildman–Crippen LogP) is 13.8. The molecule has 0 aliphatic heterocycles. The number of nitrogens with zero attached hydrogens (tertiary/aromatic N) is 1. The maximum Gasteiger partial charge on any atom is 3.00 e. The molecule has 0 amide bonds. The zero-order valence-corrected chi connectivity index (χ0v) is 34.7. The second-order valence-corrected chi connectivity index (χ2v) is 13.7. The van der Waals surface area contributed by atoms with Gasteiger partial charge in [-0.3, -0.25) is 0 Å². The summed E-state index contributed by atoms with van der Waals surface area (Å²) in [7, 11) is 0. The van der Waals surface area contributed by atoms with Gasteiger partial charge in [0.1, 0.15) is 11.5 Å². The van der Waals surface area contributed by atoms with Gasteiger partial charge in [-0.1, -0.05) is 129 Å². The molecule has 0 saturated heterocycles. The minimum atomic E-state index is 0. The number of aromatic hydroxyl groups is 1. The quantitative estimate of drug-likeness (QED) is 0.111. The predicted molar refractivity (Wildman–Crippen MR) is 223 cm³/mol. The zero-order valence-electron chi connectivity index (χ0n) is 32.3. The number of phenolic OH excluding ortho intramolecular Hbond substituents is 1. The normalized spacial score (nSPS) is 10.3. The van der Waals surface area contributed by atoms with E-state index in [2.05, 4.69) is 79.7 Å². The summed E-state index contributed by atoms with van der Waals surface area (Å²) < 4.78 is 6.29. The number of phenols is 1. The molecule has 0 spiro atoms. The Hall–Kier alpha value is -4.66. The van der Waals surface area contributed by atoms with Crippen LogP contribution in [-0.2, 0) is 26.2 Å². The van der Waals surface area contributed by atoms with Gasteiger partial charge in [0.05, 0.1) is 6.61 Å². The number of aryl methyl sites for hydroxylation is 2. The molecule has 6 aromatic rings. The van der Waals surface area contributed by atoms with Gasteiger partial charge in [-0.05, 0) is 49.8 Å². The Morgan fingerprint density at radius 1 is 0.585 bits per heavy atom. The van der Waals surface area contributed by atoms with Gasteiger partial charge in [0.15, 0.2) is 0 Å². The van der Waals surface area contributed by atoms with Crippen LogP contribution in [0.4, 0.5) is 5.69 Å². The molecule has 0 unspecified atom stereocenters. The van der Waals surface area contributed by atoms with Crippen LogP contribution in [0, 0.1) is 27.7 Å². The van der Waals surface area contributed by atoms with Gasteiger partial charge in [0.25, 0.3) is 0 Å². The molecule has 6 rings (SSSR count). The summed E-state index contributed by atoms with van der Waals surface area (Å²) in [4.78, 5) is 0. The van der Waals surface area contributed by atoms with E-state index in [-0.39, 0.29) is 32.0 Å². The van der Waals surface area contributed by atoms with E-state index in [0.717, 1.165) is 56.8 Å². The van der Waals surface area contributed by atoms with Gasteiger partial charge in [0, 0.05) is 16.7 Å². The van der Waals surface area contributed by atoms with Crippen LogP contribution >= 0.6 is 0 Å². The minimum Gasteiger partial charge on any atom is -0.684 e. The average Bonchev–Trinajstić information content (AvgIpc) is 3.14. The maximum absolute atomic E-state index is 11.2. The summed E-state index contributed by atoms with van der Waals surface area (Å²) in [6, 6.07) is 46.3. The third kappa shape index (κ3) is 13.1. The van der Waals surface area contributed by atoms with Crippen LogP contribution in [0.15, 0.2) is 140 Å². The monoisotopic (exact) mass is 778 g/mol. The molecule has 0 atom stereocenters. The summed E-state index contributed by atoms with van der Waals surface area (Å²) in [5.41, 5.74) is 11.8. The molecule has 4 heteroatoms. The standard InChI is InChI=1S/C35H40NO2.2C7H7.Zr/c1-23(2)30-21-26(6)22-31(24(3)4)34(30)36-18-11-19-38-33-17-16-25(5)20-32(33)29-15-10-14-28(35(29)37)27-12-8-7-9-13-27;2*1-7-5-3-2-4-6-7;/h7-10,12-17,20-24,37H,11,18-19H2,1-6H3;2*2-6H,1H2;/q3*-1;+3. The van der Waals surface area contributed by atoms with E-state index < -0.39 is 0 Å². The fourth-order valence-electron chi connectivity index (χ4n) is 5.88. The molecule has 271 valence electrons. The van der Waals surface area contributed by atoms with E-state index in [1.165, 1.54) is 16.7 Å². The van der Waals surface area contributed by atoms with Crippen LogP contribution in [-0.4, -0.2) is 18.3 Å². The number of hydrogen-bond donors (Lipinski definition) is 1. The summed E-state index contributed by atoms with van der Waals surface area (Å²) in [5, 5.41) is 16.3. The molecule has 1 radical (unpaired) electrons. The van der Waals surface area contributed by atoms with Crippen LogP contribution < -0.4 is 4.74 Å². The molecular formula is C49H54NO2Zr. The maximum atomic E-state index is 11.2. The topological polar surface area (TPSA) is 43.6 Å². The van der Waals surface area contributed by atoms with Crippen molar-refractivity contribution in [2.75, 3.05) is 13.2 Å². The van der Waals surface area contributed by atoms with Crippen molar-refractivity contribution in [3.63, 3.8) is 0 Å². The Morgan fingerprint density at radius 2 is 1.09 bits per heavy atom. The molecule has 3 nitrogen and oxygen atoms in total. The molecule has 0 aliphatic rings. The first-order chi connectivity index (χ1) is 25.0. The van der Waals surface area contributed by atoms with Crippen LogP contribution in [0.2, 0.25) is 0 Å². The summed E-state index contributed by atoms with van der Waals surface area (Å²) in [6.45, 7) is 21.9. The smallest absolute Gasteiger partial charge is 0.684 e. The molecule has 0 aromatic heterocycles. The Kier molecular flexibility index (Phi) is 17.6. The van der Waals surface area contributed by atoms with Gasteiger partial charge in [-0.15, -0.1) is 36.5 Å². The molecular weight excluding hydrogens is 726 g/mol. The summed E-state index contributed by atoms with van der Waals surface area (Å²) in [5.74, 6) is 1.90. The van der Waals surface area contributed by atoms with E-state index in [9.17, 15) is 5.11 Å². The van der Waals surface area contributed by atoms with Crippen molar-refractivity contribution in [2.45, 2.75) is 59.8 Å². The van der Waals surface area contributed by atoms with Crippen molar-refractivity contribution in [3.8, 4) is 33.8 Å². The van der Waals surface area contributed by atoms with Gasteiger partial charge in [-0.2, -0.15) is 49.2 Å². The summed E-state index contributed by atoms with van der Waals surface area (Å²) in [6.07, 6.45) is 0.812. The Balaban J connectivity index is 0.000000418. The molecule has 0 saturated carbocycles. The van der Waals surface area contributed by atoms with Crippen molar-refractivity contribution in [3.05, 3.63) is 192 Å². The van der Waals surface area contributed by atoms with Crippen molar-refractivity contribution >= 4 is 5.69 Å². The van der Waals surface area contributed by atoms with Crippen LogP contribution in [0.5, 0.6) is 11.5 Å². The van der Waals surface area contributed by atoms with Crippen molar-refractivity contribution in [2.24, 2.45) is 0 Å². The van der Waals surface area contributed by atoms with Gasteiger partial charge in [0.2, 0.25) is 0 Å². The first-order valence-corrected chi connectivity index (χ1v) is 18.2. The molecule has 0 heterocycles. The third-order valence-electron chi connectivity index (χ3n) is 8.62. The van der Waals surface area contributed by atoms with Crippen molar-refractivity contribution in [1.29, 1.82) is 0 Å². The Morgan fingerprint density at radius 3 is 1.58 bits per heavy atom. The number of hydrogen-bond acceptors (Lipinski definition) is 2. The zero-order chi connectivity index (χ0) is 37.5. The first kappa shape index (κ1) is 42.8. The molecule has 53 heavy (non-hydrogen) atoms. The second kappa shape index (κ2) is 21.8. The van der Waals surface area contributed by atoms with Gasteiger partial charge >= 0.3 is 26.2 Å². The Labute approximate surface area is 338 Å². The van der Waals surface area contributed by atoms with Gasteiger partial charge < -0.3 is 15.2 Å². The van der Waals surface area contributed by atoms with E-state index >= 15 is 0 Å². The van der Waals surface area contributed by atoms with E-state index in [0.29, 0.717) is 25.0 Å². The average molecular weight is 780 g/mol. The van der Waals surface area contributed by atoms with Crippen LogP contribution in [0.25, 0.3) is 27.6 Å². The SMILES string of the molecule is Cc1ccc(OCCC[N-]c2c(C(C)C)cc(C)cc2C(C)C)c(-c2cccc(-c3ccccc3)c2O)c1.[CH2-]c1ccccc1.[CH2-]c1ccccc1.[Zr+3]. The van der Waals surface area contributed by atoms with Crippen molar-refractivity contribution < 1.29 is 36.0 Å². The van der Waals surface area contributed by atoms with Crippen LogP contribution in [0.1, 0.15) is 79.3 Å². The number of ether oxygens (including phenoxy) is 1. The van der Waals surface area contributed by atoms with Crippen molar-refractivity contribution in [1.82, 2.24) is 0 Å². The molecule has 0 aliphatic carbocycles. The second-order valence-electron chi connectivity index (χ2n) is 13.7. The van der Waals surface area contributed by atoms with E-state index in [1.807, 2.05) is 115 Å². The first-order valence-electron chi connectivity index (χ1n) is 18.2.